The van der Waals surface area contributed by atoms with Crippen molar-refractivity contribution in [1.29, 1.82) is 0 Å². The normalized spacial score (nSPS) is 18.9. The molecule has 1 radical (unpaired) electrons. The van der Waals surface area contributed by atoms with Gasteiger partial charge >= 0.3 is 5.97 Å². The van der Waals surface area contributed by atoms with Crippen molar-refractivity contribution in [1.82, 2.24) is 0 Å². The third-order valence-corrected chi connectivity index (χ3v) is 2.23. The summed E-state index contributed by atoms with van der Waals surface area (Å²) in [7, 11) is 0. The predicted octanol–water partition coefficient (Wildman–Crippen LogP) is 2.39. The van der Waals surface area contributed by atoms with Crippen molar-refractivity contribution in [2.75, 3.05) is 0 Å². The van der Waals surface area contributed by atoms with E-state index in [-0.39, 0.29) is 0 Å². The maximum Gasteiger partial charge on any atom is 0.303 e. The predicted molar refractivity (Wildman–Crippen MR) is 43.2 cm³/mol. The van der Waals surface area contributed by atoms with E-state index in [1.807, 2.05) is 0 Å². The average Bonchev–Trinajstić information content (AvgIpc) is 2.39. The van der Waals surface area contributed by atoms with Gasteiger partial charge < -0.3 is 5.11 Å². The number of hydrogen-bond acceptors (Lipinski definition) is 1. The second kappa shape index (κ2) is 4.37. The van der Waals surface area contributed by atoms with E-state index in [2.05, 4.69) is 0 Å². The number of carboxylic acids is 1. The van der Waals surface area contributed by atoms with E-state index in [0.717, 1.165) is 12.8 Å². The summed E-state index contributed by atoms with van der Waals surface area (Å²) >= 11 is 0. The summed E-state index contributed by atoms with van der Waals surface area (Å²) in [6.07, 6.45) is 7.37. The molecular formula is C9H15O2. The molecule has 1 fully saturated rings. The number of hydrogen-bond donors (Lipinski definition) is 1. The summed E-state index contributed by atoms with van der Waals surface area (Å²) in [5.74, 6) is 0.926. The zero-order valence-corrected chi connectivity index (χ0v) is 6.81. The van der Waals surface area contributed by atoms with Crippen LogP contribution >= 0.6 is 0 Å². The molecule has 0 aromatic heterocycles. The zero-order valence-electron chi connectivity index (χ0n) is 6.81. The lowest BCUT2D eigenvalue weighted by molar-refractivity contribution is -0.137. The van der Waals surface area contributed by atoms with Crippen LogP contribution in [-0.2, 0) is 4.79 Å². The SMILES string of the molecule is O=C(O)CCC[C]1CCCC1. The smallest absolute Gasteiger partial charge is 0.303 e. The van der Waals surface area contributed by atoms with Crippen LogP contribution in [0.3, 0.4) is 0 Å². The molecule has 0 unspecified atom stereocenters. The van der Waals surface area contributed by atoms with Gasteiger partial charge in [-0.15, -0.1) is 0 Å². The number of aliphatic carboxylic acids is 1. The minimum Gasteiger partial charge on any atom is -0.481 e. The van der Waals surface area contributed by atoms with Gasteiger partial charge in [0.15, 0.2) is 0 Å². The van der Waals surface area contributed by atoms with Crippen molar-refractivity contribution >= 4 is 5.97 Å². The minimum atomic E-state index is -0.663. The van der Waals surface area contributed by atoms with E-state index < -0.39 is 5.97 Å². The number of carboxylic acid groups (broad SMARTS) is 1. The Balaban J connectivity index is 1.98. The summed E-state index contributed by atoms with van der Waals surface area (Å²) < 4.78 is 0. The fourth-order valence-corrected chi connectivity index (χ4v) is 1.61. The monoisotopic (exact) mass is 155 g/mol. The Morgan fingerprint density at radius 1 is 1.36 bits per heavy atom. The molecule has 0 saturated heterocycles. The Morgan fingerprint density at radius 2 is 2.00 bits per heavy atom. The highest BCUT2D eigenvalue weighted by Gasteiger charge is 2.14. The molecule has 0 aliphatic heterocycles. The summed E-state index contributed by atoms with van der Waals surface area (Å²) in [5, 5.41) is 8.38. The van der Waals surface area contributed by atoms with Gasteiger partial charge in [0, 0.05) is 6.42 Å². The van der Waals surface area contributed by atoms with Crippen molar-refractivity contribution in [3.05, 3.63) is 5.92 Å². The van der Waals surface area contributed by atoms with Crippen LogP contribution in [0.5, 0.6) is 0 Å². The standard InChI is InChI=1S/C9H15O2/c10-9(11)7-3-6-8-4-1-2-5-8/h1-7H2,(H,10,11). The lowest BCUT2D eigenvalue weighted by atomic mass is 10.0. The van der Waals surface area contributed by atoms with Gasteiger partial charge in [-0.25, -0.2) is 0 Å². The fourth-order valence-electron chi connectivity index (χ4n) is 1.61. The molecule has 0 bridgehead atoms. The first-order chi connectivity index (χ1) is 5.29. The minimum absolute atomic E-state index is 0.337. The summed E-state index contributed by atoms with van der Waals surface area (Å²) in [4.78, 5) is 10.2. The molecule has 0 heterocycles. The van der Waals surface area contributed by atoms with E-state index in [1.54, 1.807) is 5.92 Å². The Labute approximate surface area is 67.6 Å². The van der Waals surface area contributed by atoms with Crippen LogP contribution in [-0.4, -0.2) is 11.1 Å². The zero-order chi connectivity index (χ0) is 8.10. The van der Waals surface area contributed by atoms with Gasteiger partial charge in [0.25, 0.3) is 0 Å². The van der Waals surface area contributed by atoms with Crippen LogP contribution in [0, 0.1) is 5.92 Å². The third kappa shape index (κ3) is 3.40. The van der Waals surface area contributed by atoms with Gasteiger partial charge in [-0.3, -0.25) is 4.79 Å². The highest BCUT2D eigenvalue weighted by atomic mass is 16.4. The van der Waals surface area contributed by atoms with Crippen LogP contribution in [0.25, 0.3) is 0 Å². The highest BCUT2D eigenvalue weighted by Crippen LogP contribution is 2.30. The van der Waals surface area contributed by atoms with Gasteiger partial charge in [-0.1, -0.05) is 12.8 Å². The Hall–Kier alpha value is -0.530. The first-order valence-corrected chi connectivity index (χ1v) is 4.34. The Bertz CT molecular complexity index is 126. The topological polar surface area (TPSA) is 37.3 Å². The van der Waals surface area contributed by atoms with Crippen LogP contribution in [0.15, 0.2) is 0 Å². The summed E-state index contributed by atoms with van der Waals surface area (Å²) in [5.41, 5.74) is 0. The Kier molecular flexibility index (Phi) is 3.40. The molecule has 1 aliphatic carbocycles. The van der Waals surface area contributed by atoms with Crippen molar-refractivity contribution in [2.24, 2.45) is 0 Å². The van der Waals surface area contributed by atoms with Crippen molar-refractivity contribution in [3.8, 4) is 0 Å². The van der Waals surface area contributed by atoms with Crippen molar-refractivity contribution in [3.63, 3.8) is 0 Å². The molecule has 11 heavy (non-hydrogen) atoms. The fraction of sp³-hybridized carbons (Fsp3) is 0.778. The summed E-state index contributed by atoms with van der Waals surface area (Å²) in [6.45, 7) is 0. The first kappa shape index (κ1) is 8.57. The largest absolute Gasteiger partial charge is 0.481 e. The second-order valence-electron chi connectivity index (χ2n) is 3.20. The molecule has 1 N–H and O–H groups in total. The molecule has 1 aliphatic rings. The van der Waals surface area contributed by atoms with Crippen LogP contribution < -0.4 is 0 Å². The van der Waals surface area contributed by atoms with Crippen LogP contribution in [0.2, 0.25) is 0 Å². The molecule has 2 heteroatoms. The van der Waals surface area contributed by atoms with Crippen molar-refractivity contribution in [2.45, 2.75) is 44.9 Å². The lowest BCUT2D eigenvalue weighted by Crippen LogP contribution is -1.96. The maximum absolute atomic E-state index is 10.2. The molecule has 0 spiro atoms. The Morgan fingerprint density at radius 3 is 2.55 bits per heavy atom. The molecule has 0 amide bonds. The molecule has 0 atom stereocenters. The quantitative estimate of drug-likeness (QED) is 0.676. The lowest BCUT2D eigenvalue weighted by Gasteiger charge is -2.04. The van der Waals surface area contributed by atoms with Gasteiger partial charge in [0.05, 0.1) is 0 Å². The number of rotatable bonds is 4. The third-order valence-electron chi connectivity index (χ3n) is 2.23. The van der Waals surface area contributed by atoms with E-state index in [9.17, 15) is 4.79 Å². The van der Waals surface area contributed by atoms with Crippen LogP contribution in [0.4, 0.5) is 0 Å². The molecule has 2 nitrogen and oxygen atoms in total. The molecule has 0 aromatic carbocycles. The maximum atomic E-state index is 10.2. The van der Waals surface area contributed by atoms with E-state index in [0.29, 0.717) is 6.42 Å². The molecule has 1 rings (SSSR count). The first-order valence-electron chi connectivity index (χ1n) is 4.34. The van der Waals surface area contributed by atoms with E-state index in [4.69, 9.17) is 5.11 Å². The van der Waals surface area contributed by atoms with Crippen molar-refractivity contribution < 1.29 is 9.90 Å². The number of carbonyl (C=O) groups is 1. The van der Waals surface area contributed by atoms with Gasteiger partial charge in [-0.2, -0.15) is 0 Å². The van der Waals surface area contributed by atoms with E-state index in [1.165, 1.54) is 25.7 Å². The molecule has 0 aromatic rings. The highest BCUT2D eigenvalue weighted by molar-refractivity contribution is 5.66. The molecule has 63 valence electrons. The second-order valence-corrected chi connectivity index (χ2v) is 3.20. The van der Waals surface area contributed by atoms with Gasteiger partial charge in [0.1, 0.15) is 0 Å². The van der Waals surface area contributed by atoms with Gasteiger partial charge in [-0.05, 0) is 31.6 Å². The molecule has 1 saturated carbocycles. The van der Waals surface area contributed by atoms with E-state index >= 15 is 0 Å². The van der Waals surface area contributed by atoms with Gasteiger partial charge in [0.2, 0.25) is 0 Å². The average molecular weight is 155 g/mol. The molecular weight excluding hydrogens is 140 g/mol. The van der Waals surface area contributed by atoms with Crippen LogP contribution in [0.1, 0.15) is 44.9 Å². The summed E-state index contributed by atoms with van der Waals surface area (Å²) in [6, 6.07) is 0.